The van der Waals surface area contributed by atoms with Crippen molar-refractivity contribution in [1.82, 2.24) is 0 Å². The van der Waals surface area contributed by atoms with Crippen LogP contribution in [0.1, 0.15) is 20.8 Å². The quantitative estimate of drug-likeness (QED) is 0.430. The zero-order valence-electron chi connectivity index (χ0n) is 12.0. The number of hydrogen-bond acceptors (Lipinski definition) is 7. The minimum Gasteiger partial charge on any atom is -0.458 e. The third-order valence-electron chi connectivity index (χ3n) is 2.72. The van der Waals surface area contributed by atoms with Crippen LogP contribution >= 0.6 is 11.6 Å². The molecule has 0 radical (unpaired) electrons. The molecule has 1 fully saturated rings. The Hall–Kier alpha value is -1.48. The molecule has 0 saturated carbocycles. The van der Waals surface area contributed by atoms with Crippen LogP contribution in [0.3, 0.4) is 0 Å². The molecular formula is C12H15ClF2O7. The van der Waals surface area contributed by atoms with E-state index in [1.807, 2.05) is 0 Å². The molecule has 1 aliphatic rings. The fraction of sp³-hybridized carbons (Fsp3) is 0.750. The average molecular weight is 345 g/mol. The van der Waals surface area contributed by atoms with Gasteiger partial charge in [0.05, 0.1) is 6.61 Å². The van der Waals surface area contributed by atoms with E-state index in [9.17, 15) is 23.2 Å². The summed E-state index contributed by atoms with van der Waals surface area (Å²) < 4.78 is 46.6. The zero-order valence-corrected chi connectivity index (χ0v) is 12.8. The predicted molar refractivity (Wildman–Crippen MR) is 66.9 cm³/mol. The number of esters is 3. The van der Waals surface area contributed by atoms with Crippen LogP contribution in [-0.4, -0.2) is 48.4 Å². The highest BCUT2D eigenvalue weighted by Crippen LogP contribution is 2.41. The van der Waals surface area contributed by atoms with E-state index in [-0.39, 0.29) is 0 Å². The molecule has 0 aromatic heterocycles. The van der Waals surface area contributed by atoms with Gasteiger partial charge in [-0.2, -0.15) is 8.78 Å². The molecule has 0 aliphatic carbocycles. The third-order valence-corrected chi connectivity index (χ3v) is 2.97. The van der Waals surface area contributed by atoms with Crippen molar-refractivity contribution in [2.75, 3.05) is 6.61 Å². The van der Waals surface area contributed by atoms with Crippen LogP contribution in [0, 0.1) is 5.92 Å². The van der Waals surface area contributed by atoms with Gasteiger partial charge in [-0.3, -0.25) is 14.4 Å². The van der Waals surface area contributed by atoms with Crippen molar-refractivity contribution in [3.63, 3.8) is 0 Å². The minimum atomic E-state index is -3.95. The lowest BCUT2D eigenvalue weighted by Crippen LogP contribution is -2.58. The molecule has 0 spiro atoms. The topological polar surface area (TPSA) is 88.1 Å². The number of halogens is 3. The molecule has 1 saturated heterocycles. The van der Waals surface area contributed by atoms with Gasteiger partial charge in [0.1, 0.15) is 5.92 Å². The maximum absolute atomic E-state index is 13.7. The monoisotopic (exact) mass is 344 g/mol. The Kier molecular flexibility index (Phi) is 6.07. The second-order valence-electron chi connectivity index (χ2n) is 4.60. The molecule has 0 aromatic rings. The van der Waals surface area contributed by atoms with Gasteiger partial charge in [0.25, 0.3) is 0 Å². The first kappa shape index (κ1) is 18.6. The Bertz CT molecular complexity index is 451. The van der Waals surface area contributed by atoms with Crippen molar-refractivity contribution >= 4 is 29.5 Å². The molecule has 0 N–H and O–H groups in total. The van der Waals surface area contributed by atoms with Crippen molar-refractivity contribution in [3.05, 3.63) is 0 Å². The second kappa shape index (κ2) is 7.19. The standard InChI is InChI=1S/C12H15ClF2O7/c1-5(16)20-8-4-19-11(22-7(3)18)9(12(13,14)15)10(8)21-6(2)17/h8-11H,4H2,1-3H3/t8-,9+,10-,11+/m1/s1. The number of carbonyl (C=O) groups is 3. The predicted octanol–water partition coefficient (Wildman–Crippen LogP) is 1.22. The Morgan fingerprint density at radius 1 is 1.05 bits per heavy atom. The van der Waals surface area contributed by atoms with Crippen LogP contribution in [0.25, 0.3) is 0 Å². The smallest absolute Gasteiger partial charge is 0.334 e. The summed E-state index contributed by atoms with van der Waals surface area (Å²) in [6.07, 6.45) is -4.68. The fourth-order valence-corrected chi connectivity index (χ4v) is 2.27. The first-order valence-corrected chi connectivity index (χ1v) is 6.60. The average Bonchev–Trinajstić information content (AvgIpc) is 2.28. The molecule has 22 heavy (non-hydrogen) atoms. The van der Waals surface area contributed by atoms with Crippen LogP contribution in [-0.2, 0) is 33.3 Å². The van der Waals surface area contributed by atoms with Crippen LogP contribution < -0.4 is 0 Å². The van der Waals surface area contributed by atoms with Gasteiger partial charge in [0, 0.05) is 20.8 Å². The number of carbonyl (C=O) groups excluding carboxylic acids is 3. The maximum atomic E-state index is 13.7. The van der Waals surface area contributed by atoms with Crippen molar-refractivity contribution in [2.24, 2.45) is 5.92 Å². The number of alkyl halides is 3. The first-order valence-electron chi connectivity index (χ1n) is 6.22. The van der Waals surface area contributed by atoms with Crippen molar-refractivity contribution in [2.45, 2.75) is 44.7 Å². The number of ether oxygens (including phenoxy) is 4. The lowest BCUT2D eigenvalue weighted by Gasteiger charge is -2.41. The van der Waals surface area contributed by atoms with Gasteiger partial charge in [-0.05, 0) is 11.6 Å². The molecule has 0 bridgehead atoms. The van der Waals surface area contributed by atoms with Gasteiger partial charge in [0.2, 0.25) is 6.29 Å². The van der Waals surface area contributed by atoms with Crippen molar-refractivity contribution < 1.29 is 42.1 Å². The van der Waals surface area contributed by atoms with Crippen LogP contribution in [0.4, 0.5) is 8.78 Å². The lowest BCUT2D eigenvalue weighted by atomic mass is 9.94. The Balaban J connectivity index is 3.13. The Morgan fingerprint density at radius 3 is 1.95 bits per heavy atom. The first-order chi connectivity index (χ1) is 10.0. The van der Waals surface area contributed by atoms with Gasteiger partial charge >= 0.3 is 23.3 Å². The molecule has 7 nitrogen and oxygen atoms in total. The van der Waals surface area contributed by atoms with E-state index < -0.39 is 54.3 Å². The molecule has 10 heteroatoms. The van der Waals surface area contributed by atoms with Gasteiger partial charge in [-0.1, -0.05) is 0 Å². The second-order valence-corrected chi connectivity index (χ2v) is 5.10. The van der Waals surface area contributed by atoms with Crippen molar-refractivity contribution in [1.29, 1.82) is 0 Å². The summed E-state index contributed by atoms with van der Waals surface area (Å²) in [7, 11) is 0. The highest BCUT2D eigenvalue weighted by molar-refractivity contribution is 6.22. The van der Waals surface area contributed by atoms with Gasteiger partial charge < -0.3 is 18.9 Å². The van der Waals surface area contributed by atoms with E-state index in [1.165, 1.54) is 0 Å². The largest absolute Gasteiger partial charge is 0.458 e. The van der Waals surface area contributed by atoms with Gasteiger partial charge in [-0.25, -0.2) is 0 Å². The van der Waals surface area contributed by atoms with Crippen LogP contribution in [0.2, 0.25) is 0 Å². The Labute approximate surface area is 129 Å². The van der Waals surface area contributed by atoms with Crippen molar-refractivity contribution in [3.8, 4) is 0 Å². The molecular weight excluding hydrogens is 330 g/mol. The summed E-state index contributed by atoms with van der Waals surface area (Å²) in [5.41, 5.74) is 0. The SMILES string of the molecule is CC(=O)O[C@@H]1OC[C@@H](OC(C)=O)[C@@H](OC(C)=O)[C@@H]1C(F)(F)Cl. The zero-order chi connectivity index (χ0) is 17.1. The minimum absolute atomic E-state index is 0.404. The van der Waals surface area contributed by atoms with E-state index in [0.29, 0.717) is 0 Å². The van der Waals surface area contributed by atoms with Gasteiger partial charge in [-0.15, -0.1) is 0 Å². The van der Waals surface area contributed by atoms with E-state index >= 15 is 0 Å². The van der Waals surface area contributed by atoms with Crippen LogP contribution in [0.15, 0.2) is 0 Å². The highest BCUT2D eigenvalue weighted by atomic mass is 35.5. The Morgan fingerprint density at radius 2 is 1.55 bits per heavy atom. The highest BCUT2D eigenvalue weighted by Gasteiger charge is 2.57. The fourth-order valence-electron chi connectivity index (χ4n) is 2.04. The number of hydrogen-bond donors (Lipinski definition) is 0. The molecule has 0 unspecified atom stereocenters. The summed E-state index contributed by atoms with van der Waals surface area (Å²) in [5, 5.41) is -3.95. The molecule has 0 amide bonds. The third kappa shape index (κ3) is 5.06. The van der Waals surface area contributed by atoms with E-state index in [2.05, 4.69) is 4.74 Å². The molecule has 1 aliphatic heterocycles. The van der Waals surface area contributed by atoms with E-state index in [1.54, 1.807) is 0 Å². The molecule has 1 rings (SSSR count). The van der Waals surface area contributed by atoms with Crippen LogP contribution in [0.5, 0.6) is 0 Å². The molecule has 4 atom stereocenters. The van der Waals surface area contributed by atoms with Gasteiger partial charge in [0.15, 0.2) is 12.2 Å². The molecule has 0 aromatic carbocycles. The van der Waals surface area contributed by atoms with E-state index in [0.717, 1.165) is 20.8 Å². The summed E-state index contributed by atoms with van der Waals surface area (Å²) in [6, 6.07) is 0. The van der Waals surface area contributed by atoms with E-state index in [4.69, 9.17) is 25.8 Å². The summed E-state index contributed by atoms with van der Waals surface area (Å²) in [6.45, 7) is 2.63. The normalized spacial score (nSPS) is 28.6. The summed E-state index contributed by atoms with van der Waals surface area (Å²) >= 11 is 5.03. The molecule has 1 heterocycles. The summed E-state index contributed by atoms with van der Waals surface area (Å²) in [4.78, 5) is 33.2. The maximum Gasteiger partial charge on any atom is 0.334 e. The molecule has 126 valence electrons. The number of rotatable bonds is 4. The summed E-state index contributed by atoms with van der Waals surface area (Å²) in [5.74, 6) is -4.60. The lowest BCUT2D eigenvalue weighted by molar-refractivity contribution is -0.277.